The summed E-state index contributed by atoms with van der Waals surface area (Å²) >= 11 is 0. The fourth-order valence-electron chi connectivity index (χ4n) is 3.84. The number of rotatable bonds is 4. The van der Waals surface area contributed by atoms with Crippen LogP contribution in [0.5, 0.6) is 0 Å². The Morgan fingerprint density at radius 1 is 0.871 bits per heavy atom. The number of oxazole rings is 1. The fraction of sp³-hybridized carbons (Fsp3) is 0.111. The Morgan fingerprint density at radius 3 is 2.39 bits per heavy atom. The summed E-state index contributed by atoms with van der Waals surface area (Å²) in [5.41, 5.74) is 7.21. The number of benzene rings is 3. The lowest BCUT2D eigenvalue weighted by atomic mass is 10.1. The third kappa shape index (κ3) is 3.57. The highest BCUT2D eigenvalue weighted by Crippen LogP contribution is 2.30. The quantitative estimate of drug-likeness (QED) is 0.359. The zero-order valence-corrected chi connectivity index (χ0v) is 17.9. The second kappa shape index (κ2) is 7.73. The van der Waals surface area contributed by atoms with E-state index in [1.165, 1.54) is 5.69 Å². The van der Waals surface area contributed by atoms with Crippen molar-refractivity contribution in [2.24, 2.45) is 7.05 Å². The van der Waals surface area contributed by atoms with Gasteiger partial charge in [-0.1, -0.05) is 36.4 Å². The molecule has 0 fully saturated rings. The van der Waals surface area contributed by atoms with Gasteiger partial charge in [-0.25, -0.2) is 4.98 Å². The van der Waals surface area contributed by atoms with Gasteiger partial charge in [0, 0.05) is 38.0 Å². The standard InChI is InChI=1S/C27H24N3O/c1-29(2)20-15-12-19(13-16-20)14-17-21-18-23(22-8-4-6-10-25(22)30(21)3)27-28-24-9-5-7-11-26(24)31-27/h4-18H,1-3H3/q+1. The summed E-state index contributed by atoms with van der Waals surface area (Å²) in [6.45, 7) is 0. The number of hydrogen-bond donors (Lipinski definition) is 0. The van der Waals surface area contributed by atoms with Gasteiger partial charge in [0.1, 0.15) is 12.6 Å². The number of nitrogens with zero attached hydrogens (tertiary/aromatic N) is 3. The van der Waals surface area contributed by atoms with Crippen molar-refractivity contribution >= 4 is 39.8 Å². The van der Waals surface area contributed by atoms with Crippen molar-refractivity contribution in [1.82, 2.24) is 4.98 Å². The maximum absolute atomic E-state index is 6.11. The third-order valence-electron chi connectivity index (χ3n) is 5.62. The van der Waals surface area contributed by atoms with Crippen molar-refractivity contribution in [2.45, 2.75) is 0 Å². The molecule has 31 heavy (non-hydrogen) atoms. The van der Waals surface area contributed by atoms with Crippen LogP contribution in [0.4, 0.5) is 5.69 Å². The molecule has 4 heteroatoms. The first-order valence-electron chi connectivity index (χ1n) is 10.3. The number of pyridine rings is 1. The fourth-order valence-corrected chi connectivity index (χ4v) is 3.84. The van der Waals surface area contributed by atoms with Crippen molar-refractivity contribution in [2.75, 3.05) is 19.0 Å². The summed E-state index contributed by atoms with van der Waals surface area (Å²) < 4.78 is 8.31. The Labute approximate surface area is 181 Å². The smallest absolute Gasteiger partial charge is 0.228 e. The van der Waals surface area contributed by atoms with Crippen LogP contribution in [0.15, 0.2) is 83.3 Å². The highest BCUT2D eigenvalue weighted by atomic mass is 16.3. The van der Waals surface area contributed by atoms with E-state index in [0.29, 0.717) is 5.89 Å². The average Bonchev–Trinajstić information content (AvgIpc) is 3.23. The second-order valence-corrected chi connectivity index (χ2v) is 7.87. The molecule has 0 atom stereocenters. The van der Waals surface area contributed by atoms with Gasteiger partial charge in [0.05, 0.1) is 10.9 Å². The van der Waals surface area contributed by atoms with E-state index in [0.717, 1.165) is 38.8 Å². The van der Waals surface area contributed by atoms with Crippen LogP contribution in [-0.2, 0) is 7.05 Å². The number of hydrogen-bond acceptors (Lipinski definition) is 3. The van der Waals surface area contributed by atoms with Gasteiger partial charge in [0.25, 0.3) is 0 Å². The number of anilines is 1. The van der Waals surface area contributed by atoms with Crippen LogP contribution < -0.4 is 9.47 Å². The summed E-state index contributed by atoms with van der Waals surface area (Å²) in [7, 11) is 6.19. The van der Waals surface area contributed by atoms with E-state index in [9.17, 15) is 0 Å². The van der Waals surface area contributed by atoms with Gasteiger partial charge in [-0.05, 0) is 42.0 Å². The van der Waals surface area contributed by atoms with Crippen molar-refractivity contribution in [3.63, 3.8) is 0 Å². The molecule has 0 amide bonds. The Morgan fingerprint density at radius 2 is 1.61 bits per heavy atom. The van der Waals surface area contributed by atoms with Crippen LogP contribution in [0.25, 0.3) is 45.6 Å². The molecule has 2 aromatic heterocycles. The average molecular weight is 407 g/mol. The van der Waals surface area contributed by atoms with E-state index >= 15 is 0 Å². The van der Waals surface area contributed by atoms with Crippen LogP contribution in [0.2, 0.25) is 0 Å². The van der Waals surface area contributed by atoms with Crippen LogP contribution in [0.3, 0.4) is 0 Å². The highest BCUT2D eigenvalue weighted by molar-refractivity contribution is 5.93. The maximum Gasteiger partial charge on any atom is 0.228 e. The number of aromatic nitrogens is 2. The Balaban J connectivity index is 1.62. The molecule has 152 valence electrons. The predicted molar refractivity (Wildman–Crippen MR) is 128 cm³/mol. The SMILES string of the molecule is CN(C)c1ccc(/C=C/c2cc(-c3nc4ccccc4o3)c3ccccc3[n+]2C)cc1. The lowest BCUT2D eigenvalue weighted by Crippen LogP contribution is -2.32. The number of para-hydroxylation sites is 3. The maximum atomic E-state index is 6.11. The zero-order chi connectivity index (χ0) is 21.4. The topological polar surface area (TPSA) is 33.2 Å². The molecule has 5 aromatic rings. The highest BCUT2D eigenvalue weighted by Gasteiger charge is 2.19. The van der Waals surface area contributed by atoms with Gasteiger partial charge in [-0.3, -0.25) is 0 Å². The van der Waals surface area contributed by atoms with E-state index in [4.69, 9.17) is 9.40 Å². The molecule has 0 saturated carbocycles. The first-order valence-corrected chi connectivity index (χ1v) is 10.3. The van der Waals surface area contributed by atoms with Crippen molar-refractivity contribution < 1.29 is 8.98 Å². The van der Waals surface area contributed by atoms with Crippen LogP contribution in [-0.4, -0.2) is 19.1 Å². The molecule has 3 aromatic carbocycles. The van der Waals surface area contributed by atoms with Gasteiger partial charge in [-0.15, -0.1) is 0 Å². The monoisotopic (exact) mass is 406 g/mol. The first-order chi connectivity index (χ1) is 15.1. The molecule has 4 nitrogen and oxygen atoms in total. The molecule has 0 saturated heterocycles. The van der Waals surface area contributed by atoms with E-state index in [1.54, 1.807) is 0 Å². The summed E-state index contributed by atoms with van der Waals surface area (Å²) in [5, 5.41) is 1.11. The molecule has 0 aliphatic carbocycles. The summed E-state index contributed by atoms with van der Waals surface area (Å²) in [6.07, 6.45) is 4.28. The van der Waals surface area contributed by atoms with Crippen LogP contribution >= 0.6 is 0 Å². The van der Waals surface area contributed by atoms with Gasteiger partial charge in [0.15, 0.2) is 5.58 Å². The molecule has 2 heterocycles. The molecule has 0 radical (unpaired) electrons. The van der Waals surface area contributed by atoms with Crippen molar-refractivity contribution in [3.05, 3.63) is 90.1 Å². The number of aryl methyl sites for hydroxylation is 1. The first kappa shape index (κ1) is 19.1. The Hall–Kier alpha value is -3.92. The summed E-state index contributed by atoms with van der Waals surface area (Å²) in [6, 6.07) is 26.9. The van der Waals surface area contributed by atoms with Crippen molar-refractivity contribution in [1.29, 1.82) is 0 Å². The molecule has 0 unspecified atom stereocenters. The minimum Gasteiger partial charge on any atom is -0.436 e. The van der Waals surface area contributed by atoms with Gasteiger partial charge in [0.2, 0.25) is 17.1 Å². The molecule has 0 N–H and O–H groups in total. The summed E-state index contributed by atoms with van der Waals surface area (Å²) in [4.78, 5) is 6.84. The summed E-state index contributed by atoms with van der Waals surface area (Å²) in [5.74, 6) is 0.642. The second-order valence-electron chi connectivity index (χ2n) is 7.87. The normalized spacial score (nSPS) is 11.6. The lowest BCUT2D eigenvalue weighted by molar-refractivity contribution is -0.646. The van der Waals surface area contributed by atoms with Gasteiger partial charge in [-0.2, -0.15) is 4.57 Å². The minimum absolute atomic E-state index is 0.642. The molecule has 0 aliphatic rings. The van der Waals surface area contributed by atoms with Crippen molar-refractivity contribution in [3.8, 4) is 11.5 Å². The van der Waals surface area contributed by atoms with Crippen LogP contribution in [0.1, 0.15) is 11.3 Å². The number of fused-ring (bicyclic) bond motifs is 2. The minimum atomic E-state index is 0.642. The van der Waals surface area contributed by atoms with E-state index in [-0.39, 0.29) is 0 Å². The molecular formula is C27H24N3O+. The van der Waals surface area contributed by atoms with Gasteiger partial charge < -0.3 is 9.32 Å². The molecule has 0 bridgehead atoms. The third-order valence-corrected chi connectivity index (χ3v) is 5.62. The van der Waals surface area contributed by atoms with E-state index in [2.05, 4.69) is 83.3 Å². The largest absolute Gasteiger partial charge is 0.436 e. The molecule has 0 aliphatic heterocycles. The van der Waals surface area contributed by atoms with E-state index in [1.807, 2.05) is 38.4 Å². The zero-order valence-electron chi connectivity index (χ0n) is 17.9. The molecule has 0 spiro atoms. The van der Waals surface area contributed by atoms with E-state index < -0.39 is 0 Å². The lowest BCUT2D eigenvalue weighted by Gasteiger charge is -2.11. The Bertz CT molecular complexity index is 1380. The van der Waals surface area contributed by atoms with Crippen LogP contribution in [0, 0.1) is 0 Å². The van der Waals surface area contributed by atoms with Gasteiger partial charge >= 0.3 is 0 Å². The predicted octanol–water partition coefficient (Wildman–Crippen LogP) is 5.71. The molecular weight excluding hydrogens is 382 g/mol. The molecule has 5 rings (SSSR count). The Kier molecular flexibility index (Phi) is 4.75.